The first-order valence-corrected chi connectivity index (χ1v) is 13.3. The van der Waals surface area contributed by atoms with Crippen LogP contribution in [0.15, 0.2) is 78.3 Å². The minimum atomic E-state index is -0.609. The van der Waals surface area contributed by atoms with E-state index in [1.807, 2.05) is 56.3 Å². The van der Waals surface area contributed by atoms with Crippen molar-refractivity contribution in [2.75, 3.05) is 31.5 Å². The molecule has 41 heavy (non-hydrogen) atoms. The summed E-state index contributed by atoms with van der Waals surface area (Å²) in [5.74, 6) is 2.33. The standard InChI is InChI=1S/C30H30ClN5O5/c1-5-40-26-14-19(10-12-25(26)41-16-20-8-6-7-9-22(20)31)28-27(18(2)34-30-32-17-33-36(28)30)29(37)35-23-15-21(38-3)11-13-24(23)39-4/h6-15,17,28H,5,16H2,1-4H3,(H,35,37)(H,32,33,34)/t28-/m1/s1. The van der Waals surface area contributed by atoms with Crippen molar-refractivity contribution in [2.45, 2.75) is 26.5 Å². The van der Waals surface area contributed by atoms with E-state index in [-0.39, 0.29) is 12.5 Å². The Morgan fingerprint density at radius 1 is 1.02 bits per heavy atom. The minimum absolute atomic E-state index is 0.273. The number of methoxy groups -OCH3 is 2. The van der Waals surface area contributed by atoms with Gasteiger partial charge in [-0.15, -0.1) is 0 Å². The number of fused-ring (bicyclic) bond motifs is 1. The van der Waals surface area contributed by atoms with Gasteiger partial charge in [-0.2, -0.15) is 10.1 Å². The fourth-order valence-electron chi connectivity index (χ4n) is 4.65. The van der Waals surface area contributed by atoms with Crippen LogP contribution in [-0.4, -0.2) is 41.5 Å². The van der Waals surface area contributed by atoms with Crippen LogP contribution in [0.2, 0.25) is 5.02 Å². The molecule has 1 atom stereocenters. The van der Waals surface area contributed by atoms with Crippen LogP contribution in [0, 0.1) is 0 Å². The van der Waals surface area contributed by atoms with Crippen molar-refractivity contribution in [3.63, 3.8) is 0 Å². The van der Waals surface area contributed by atoms with E-state index in [9.17, 15) is 4.79 Å². The fraction of sp³-hybridized carbons (Fsp3) is 0.233. The van der Waals surface area contributed by atoms with Crippen molar-refractivity contribution in [3.05, 3.63) is 94.4 Å². The van der Waals surface area contributed by atoms with E-state index < -0.39 is 6.04 Å². The normalized spacial score (nSPS) is 14.1. The van der Waals surface area contributed by atoms with Crippen LogP contribution in [0.5, 0.6) is 23.0 Å². The van der Waals surface area contributed by atoms with Crippen molar-refractivity contribution < 1.29 is 23.7 Å². The fourth-order valence-corrected chi connectivity index (χ4v) is 4.84. The highest BCUT2D eigenvalue weighted by atomic mass is 35.5. The Balaban J connectivity index is 1.51. The molecule has 0 spiro atoms. The number of benzene rings is 3. The summed E-state index contributed by atoms with van der Waals surface area (Å²) in [6.07, 6.45) is 1.44. The van der Waals surface area contributed by atoms with Gasteiger partial charge < -0.3 is 29.6 Å². The van der Waals surface area contributed by atoms with Gasteiger partial charge in [-0.3, -0.25) is 4.79 Å². The number of aromatic nitrogens is 3. The smallest absolute Gasteiger partial charge is 0.255 e. The Morgan fingerprint density at radius 2 is 1.83 bits per heavy atom. The summed E-state index contributed by atoms with van der Waals surface area (Å²) in [6, 6.07) is 17.7. The first kappa shape index (κ1) is 27.9. The molecule has 1 amide bonds. The van der Waals surface area contributed by atoms with Crippen molar-refractivity contribution in [1.29, 1.82) is 0 Å². The van der Waals surface area contributed by atoms with Crippen LogP contribution in [0.25, 0.3) is 0 Å². The molecule has 2 heterocycles. The molecule has 1 aromatic heterocycles. The molecule has 0 saturated carbocycles. The predicted octanol–water partition coefficient (Wildman–Crippen LogP) is 5.85. The minimum Gasteiger partial charge on any atom is -0.497 e. The van der Waals surface area contributed by atoms with Gasteiger partial charge in [0.2, 0.25) is 5.95 Å². The average Bonchev–Trinajstić information content (AvgIpc) is 3.44. The lowest BCUT2D eigenvalue weighted by atomic mass is 9.94. The van der Waals surface area contributed by atoms with Crippen molar-refractivity contribution >= 4 is 29.1 Å². The molecule has 10 nitrogen and oxygen atoms in total. The largest absolute Gasteiger partial charge is 0.497 e. The van der Waals surface area contributed by atoms with E-state index in [0.717, 1.165) is 11.1 Å². The van der Waals surface area contributed by atoms with Gasteiger partial charge in [0, 0.05) is 22.3 Å². The van der Waals surface area contributed by atoms with Crippen molar-refractivity contribution in [3.8, 4) is 23.0 Å². The number of hydrogen-bond donors (Lipinski definition) is 2. The van der Waals surface area contributed by atoms with Gasteiger partial charge in [0.05, 0.1) is 32.1 Å². The molecule has 1 aliphatic rings. The predicted molar refractivity (Wildman–Crippen MR) is 156 cm³/mol. The molecule has 0 aliphatic carbocycles. The van der Waals surface area contributed by atoms with Crippen LogP contribution in [-0.2, 0) is 11.4 Å². The molecule has 0 radical (unpaired) electrons. The third-order valence-corrected chi connectivity index (χ3v) is 6.99. The van der Waals surface area contributed by atoms with Crippen LogP contribution < -0.4 is 29.6 Å². The number of allylic oxidation sites excluding steroid dienone is 1. The zero-order valence-electron chi connectivity index (χ0n) is 23.1. The molecule has 0 saturated heterocycles. The van der Waals surface area contributed by atoms with Crippen LogP contribution in [0.1, 0.15) is 31.0 Å². The quantitative estimate of drug-likeness (QED) is 0.242. The number of halogens is 1. The van der Waals surface area contributed by atoms with Gasteiger partial charge in [-0.05, 0) is 49.7 Å². The summed E-state index contributed by atoms with van der Waals surface area (Å²) in [6.45, 7) is 4.42. The molecule has 0 fully saturated rings. The monoisotopic (exact) mass is 575 g/mol. The molecule has 3 aromatic carbocycles. The Kier molecular flexibility index (Phi) is 8.30. The maximum Gasteiger partial charge on any atom is 0.255 e. The second kappa shape index (κ2) is 12.2. The van der Waals surface area contributed by atoms with E-state index in [1.165, 1.54) is 6.33 Å². The van der Waals surface area contributed by atoms with Gasteiger partial charge in [0.25, 0.3) is 5.91 Å². The van der Waals surface area contributed by atoms with Crippen LogP contribution in [0.3, 0.4) is 0 Å². The third-order valence-electron chi connectivity index (χ3n) is 6.62. The van der Waals surface area contributed by atoms with Gasteiger partial charge in [0.15, 0.2) is 11.5 Å². The number of ether oxygens (including phenoxy) is 4. The summed E-state index contributed by atoms with van der Waals surface area (Å²) in [7, 11) is 3.10. The zero-order chi connectivity index (χ0) is 28.9. The number of carbonyl (C=O) groups is 1. The molecule has 11 heteroatoms. The molecular formula is C30H30ClN5O5. The maximum absolute atomic E-state index is 13.9. The highest BCUT2D eigenvalue weighted by Gasteiger charge is 2.34. The summed E-state index contributed by atoms with van der Waals surface area (Å²) >= 11 is 6.32. The van der Waals surface area contributed by atoms with E-state index in [0.29, 0.717) is 57.5 Å². The lowest BCUT2D eigenvalue weighted by Crippen LogP contribution is -2.31. The lowest BCUT2D eigenvalue weighted by molar-refractivity contribution is -0.113. The topological polar surface area (TPSA) is 109 Å². The number of anilines is 2. The van der Waals surface area contributed by atoms with Crippen LogP contribution in [0.4, 0.5) is 11.6 Å². The number of nitrogens with zero attached hydrogens (tertiary/aromatic N) is 3. The number of hydrogen-bond acceptors (Lipinski definition) is 8. The van der Waals surface area contributed by atoms with E-state index in [2.05, 4.69) is 20.7 Å². The Labute approximate surface area is 242 Å². The number of rotatable bonds is 10. The Morgan fingerprint density at radius 3 is 2.59 bits per heavy atom. The third kappa shape index (κ3) is 5.78. The molecule has 212 valence electrons. The van der Waals surface area contributed by atoms with E-state index >= 15 is 0 Å². The Bertz CT molecular complexity index is 1600. The molecular weight excluding hydrogens is 546 g/mol. The van der Waals surface area contributed by atoms with Gasteiger partial charge in [0.1, 0.15) is 30.5 Å². The second-order valence-corrected chi connectivity index (χ2v) is 9.54. The first-order valence-electron chi connectivity index (χ1n) is 13.0. The van der Waals surface area contributed by atoms with Gasteiger partial charge in [-0.25, -0.2) is 4.68 Å². The molecule has 5 rings (SSSR count). The molecule has 1 aliphatic heterocycles. The van der Waals surface area contributed by atoms with Gasteiger partial charge in [-0.1, -0.05) is 35.9 Å². The number of carbonyl (C=O) groups excluding carboxylic acids is 1. The first-order chi connectivity index (χ1) is 19.9. The number of nitrogens with one attached hydrogen (secondary N) is 2. The number of amides is 1. The molecule has 4 aromatic rings. The van der Waals surface area contributed by atoms with Gasteiger partial charge >= 0.3 is 0 Å². The lowest BCUT2D eigenvalue weighted by Gasteiger charge is -2.29. The summed E-state index contributed by atoms with van der Waals surface area (Å²) in [5, 5.41) is 11.2. The molecule has 0 bridgehead atoms. The van der Waals surface area contributed by atoms with Crippen molar-refractivity contribution in [2.24, 2.45) is 0 Å². The molecule has 0 unspecified atom stereocenters. The Hall–Kier alpha value is -4.70. The van der Waals surface area contributed by atoms with Crippen LogP contribution >= 0.6 is 11.6 Å². The average molecular weight is 576 g/mol. The SMILES string of the molecule is CCOc1cc([C@@H]2C(C(=O)Nc3cc(OC)ccc3OC)=C(C)Nc3ncnn32)ccc1OCc1ccccc1Cl. The summed E-state index contributed by atoms with van der Waals surface area (Å²) < 4.78 is 24.5. The second-order valence-electron chi connectivity index (χ2n) is 9.13. The maximum atomic E-state index is 13.9. The van der Waals surface area contributed by atoms with E-state index in [1.54, 1.807) is 37.1 Å². The summed E-state index contributed by atoms with van der Waals surface area (Å²) in [5.41, 5.74) is 3.16. The highest BCUT2D eigenvalue weighted by Crippen LogP contribution is 2.40. The van der Waals surface area contributed by atoms with E-state index in [4.69, 9.17) is 30.5 Å². The highest BCUT2D eigenvalue weighted by molar-refractivity contribution is 6.31. The summed E-state index contributed by atoms with van der Waals surface area (Å²) in [4.78, 5) is 18.2. The molecule has 2 N–H and O–H groups in total. The van der Waals surface area contributed by atoms with Crippen molar-refractivity contribution in [1.82, 2.24) is 14.8 Å². The zero-order valence-corrected chi connectivity index (χ0v) is 23.9.